The van der Waals surface area contributed by atoms with Gasteiger partial charge < -0.3 is 14.8 Å². The molecular formula is C22H24FN5O5S. The van der Waals surface area contributed by atoms with Crippen molar-refractivity contribution >= 4 is 21.4 Å². The molecule has 0 bridgehead atoms. The van der Waals surface area contributed by atoms with Gasteiger partial charge in [0, 0.05) is 17.7 Å². The first-order chi connectivity index (χ1) is 16.2. The zero-order chi connectivity index (χ0) is 23.9. The van der Waals surface area contributed by atoms with Crippen LogP contribution < -0.4 is 14.8 Å². The summed E-state index contributed by atoms with van der Waals surface area (Å²) in [5.41, 5.74) is -0.0505. The van der Waals surface area contributed by atoms with Crippen molar-refractivity contribution in [2.45, 2.75) is 50.7 Å². The third-order valence-corrected chi connectivity index (χ3v) is 7.86. The summed E-state index contributed by atoms with van der Waals surface area (Å²) < 4.78 is 50.0. The summed E-state index contributed by atoms with van der Waals surface area (Å²) >= 11 is 0. The van der Waals surface area contributed by atoms with E-state index in [0.717, 1.165) is 25.5 Å². The lowest BCUT2D eigenvalue weighted by atomic mass is 9.95. The van der Waals surface area contributed by atoms with Crippen LogP contribution in [0.1, 0.15) is 49.5 Å². The summed E-state index contributed by atoms with van der Waals surface area (Å²) in [5, 5.41) is 7.22. The van der Waals surface area contributed by atoms with Crippen molar-refractivity contribution in [3.05, 3.63) is 42.1 Å². The van der Waals surface area contributed by atoms with Gasteiger partial charge in [0.25, 0.3) is 11.8 Å². The Balaban J connectivity index is 1.32. The summed E-state index contributed by atoms with van der Waals surface area (Å²) in [7, 11) is -3.05. The highest BCUT2D eigenvalue weighted by molar-refractivity contribution is 7.91. The van der Waals surface area contributed by atoms with Crippen LogP contribution in [0.25, 0.3) is 5.65 Å². The van der Waals surface area contributed by atoms with E-state index in [2.05, 4.69) is 20.4 Å². The Labute approximate surface area is 195 Å². The molecule has 0 spiro atoms. The van der Waals surface area contributed by atoms with Gasteiger partial charge in [-0.05, 0) is 45.1 Å². The Morgan fingerprint density at radius 1 is 1.26 bits per heavy atom. The fourth-order valence-corrected chi connectivity index (χ4v) is 5.54. The van der Waals surface area contributed by atoms with Gasteiger partial charge in [-0.3, -0.25) is 4.79 Å². The summed E-state index contributed by atoms with van der Waals surface area (Å²) in [6.07, 6.45) is 6.08. The van der Waals surface area contributed by atoms with Gasteiger partial charge in [-0.2, -0.15) is 0 Å². The number of ether oxygens (including phenoxy) is 2. The number of nitrogens with zero attached hydrogens (tertiary/aromatic N) is 4. The second-order valence-corrected chi connectivity index (χ2v) is 11.3. The molecular weight excluding hydrogens is 465 g/mol. The molecule has 1 N–H and O–H groups in total. The van der Waals surface area contributed by atoms with Gasteiger partial charge in [-0.25, -0.2) is 27.3 Å². The van der Waals surface area contributed by atoms with Gasteiger partial charge in [0.1, 0.15) is 21.3 Å². The Bertz CT molecular complexity index is 1340. The van der Waals surface area contributed by atoms with Gasteiger partial charge in [0.05, 0.1) is 30.0 Å². The maximum atomic E-state index is 13.7. The second kappa shape index (κ2) is 8.49. The number of imidazole rings is 1. The summed E-state index contributed by atoms with van der Waals surface area (Å²) in [5.74, 6) is -0.384. The quantitative estimate of drug-likeness (QED) is 0.560. The number of hydrogen-bond acceptors (Lipinski definition) is 8. The predicted octanol–water partition coefficient (Wildman–Crippen LogP) is 2.68. The molecule has 12 heteroatoms. The third-order valence-electron chi connectivity index (χ3n) is 6.21. The molecule has 34 heavy (non-hydrogen) atoms. The van der Waals surface area contributed by atoms with Crippen molar-refractivity contribution in [2.24, 2.45) is 0 Å². The highest BCUT2D eigenvalue weighted by Crippen LogP contribution is 2.33. The molecule has 4 heterocycles. The van der Waals surface area contributed by atoms with Crippen molar-refractivity contribution in [1.29, 1.82) is 0 Å². The Morgan fingerprint density at radius 3 is 2.74 bits per heavy atom. The minimum Gasteiger partial charge on any atom is -0.485 e. The van der Waals surface area contributed by atoms with Crippen LogP contribution in [0.2, 0.25) is 0 Å². The van der Waals surface area contributed by atoms with Crippen LogP contribution in [0.4, 0.5) is 4.39 Å². The molecule has 1 saturated carbocycles. The zero-order valence-corrected chi connectivity index (χ0v) is 19.3. The van der Waals surface area contributed by atoms with Crippen molar-refractivity contribution in [3.63, 3.8) is 0 Å². The molecule has 1 saturated heterocycles. The number of pyridine rings is 1. The predicted molar refractivity (Wildman–Crippen MR) is 119 cm³/mol. The monoisotopic (exact) mass is 489 g/mol. The number of amides is 1. The number of aromatic nitrogens is 4. The van der Waals surface area contributed by atoms with E-state index >= 15 is 0 Å². The molecule has 10 nitrogen and oxygen atoms in total. The molecule has 1 aliphatic heterocycles. The SMILES string of the molecule is CC1(NC(=O)c2cn3nc(Oc4ncc(F)cc4OC4CCC4)ccc3n2)CCS(=O)(=O)CC1. The van der Waals surface area contributed by atoms with Crippen LogP contribution in [0, 0.1) is 5.82 Å². The molecule has 0 atom stereocenters. The maximum absolute atomic E-state index is 13.7. The van der Waals surface area contributed by atoms with Crippen LogP contribution in [0.5, 0.6) is 17.5 Å². The van der Waals surface area contributed by atoms with Crippen LogP contribution in [0.15, 0.2) is 30.6 Å². The van der Waals surface area contributed by atoms with Crippen LogP contribution in [0.3, 0.4) is 0 Å². The van der Waals surface area contributed by atoms with Gasteiger partial charge in [0.2, 0.25) is 5.88 Å². The largest absolute Gasteiger partial charge is 0.485 e. The highest BCUT2D eigenvalue weighted by atomic mass is 32.2. The minimum atomic E-state index is -3.05. The molecule has 3 aromatic rings. The molecule has 0 aromatic carbocycles. The Hall–Kier alpha value is -3.28. The average Bonchev–Trinajstić information content (AvgIpc) is 3.19. The number of nitrogens with one attached hydrogen (secondary N) is 1. The number of carbonyl (C=O) groups is 1. The summed E-state index contributed by atoms with van der Waals surface area (Å²) in [4.78, 5) is 21.1. The molecule has 2 aliphatic rings. The Morgan fingerprint density at radius 2 is 2.03 bits per heavy atom. The van der Waals surface area contributed by atoms with Crippen LogP contribution in [-0.4, -0.2) is 57.1 Å². The highest BCUT2D eigenvalue weighted by Gasteiger charge is 2.35. The normalized spacial score (nSPS) is 19.4. The van der Waals surface area contributed by atoms with Gasteiger partial charge in [-0.1, -0.05) is 0 Å². The van der Waals surface area contributed by atoms with Crippen molar-refractivity contribution in [2.75, 3.05) is 11.5 Å². The van der Waals surface area contributed by atoms with Crippen LogP contribution in [-0.2, 0) is 9.84 Å². The van der Waals surface area contributed by atoms with Gasteiger partial charge >= 0.3 is 0 Å². The van der Waals surface area contributed by atoms with E-state index in [1.54, 1.807) is 12.1 Å². The minimum absolute atomic E-state index is 0.0160. The Kier molecular flexibility index (Phi) is 5.62. The van der Waals surface area contributed by atoms with Crippen molar-refractivity contribution in [1.82, 2.24) is 24.9 Å². The van der Waals surface area contributed by atoms with Crippen molar-refractivity contribution in [3.8, 4) is 17.5 Å². The number of halogens is 1. The second-order valence-electron chi connectivity index (χ2n) is 9.00. The van der Waals surface area contributed by atoms with E-state index in [1.807, 2.05) is 6.92 Å². The smallest absolute Gasteiger partial charge is 0.271 e. The number of hydrogen-bond donors (Lipinski definition) is 1. The third kappa shape index (κ3) is 4.81. The van der Waals surface area contributed by atoms with Gasteiger partial charge in [-0.15, -0.1) is 5.10 Å². The molecule has 0 radical (unpaired) electrons. The van der Waals surface area contributed by atoms with Crippen LogP contribution >= 0.6 is 0 Å². The molecule has 5 rings (SSSR count). The fourth-order valence-electron chi connectivity index (χ4n) is 3.82. The van der Waals surface area contributed by atoms with E-state index in [9.17, 15) is 17.6 Å². The van der Waals surface area contributed by atoms with Crippen molar-refractivity contribution < 1.29 is 27.1 Å². The molecule has 1 aliphatic carbocycles. The molecule has 3 aromatic heterocycles. The number of fused-ring (bicyclic) bond motifs is 1. The fraction of sp³-hybridized carbons (Fsp3) is 0.455. The first-order valence-electron chi connectivity index (χ1n) is 11.1. The molecule has 1 amide bonds. The summed E-state index contributed by atoms with van der Waals surface area (Å²) in [6, 6.07) is 4.43. The molecule has 2 fully saturated rings. The van der Waals surface area contributed by atoms with E-state index in [1.165, 1.54) is 16.8 Å². The topological polar surface area (TPSA) is 125 Å². The number of rotatable bonds is 6. The number of sulfone groups is 1. The first kappa shape index (κ1) is 22.5. The number of carbonyl (C=O) groups excluding carboxylic acids is 1. The standard InChI is InChI=1S/C22H24FN5O5S/c1-22(7-9-34(30,31)10-8-22)26-20(29)16-13-28-18(25-16)5-6-19(27-28)33-21-17(11-14(23)12-24-21)32-15-3-2-4-15/h5-6,11-13,15H,2-4,7-10H2,1H3,(H,26,29). The van der Waals surface area contributed by atoms with E-state index in [0.29, 0.717) is 18.5 Å². The lowest BCUT2D eigenvalue weighted by Gasteiger charge is -2.34. The van der Waals surface area contributed by atoms with E-state index in [-0.39, 0.29) is 40.8 Å². The lowest BCUT2D eigenvalue weighted by molar-refractivity contribution is 0.0895. The first-order valence-corrected chi connectivity index (χ1v) is 12.9. The molecule has 180 valence electrons. The molecule has 0 unspecified atom stereocenters. The van der Waals surface area contributed by atoms with E-state index < -0.39 is 27.1 Å². The summed E-state index contributed by atoms with van der Waals surface area (Å²) in [6.45, 7) is 1.83. The average molecular weight is 490 g/mol. The maximum Gasteiger partial charge on any atom is 0.271 e. The van der Waals surface area contributed by atoms with Gasteiger partial charge in [0.15, 0.2) is 11.4 Å². The van der Waals surface area contributed by atoms with E-state index in [4.69, 9.17) is 9.47 Å². The zero-order valence-electron chi connectivity index (χ0n) is 18.5. The lowest BCUT2D eigenvalue weighted by Crippen LogP contribution is -2.51.